The molecule has 0 fully saturated rings. The Kier molecular flexibility index (Phi) is 4.50. The van der Waals surface area contributed by atoms with E-state index in [2.05, 4.69) is 10.6 Å². The second-order valence-electron chi connectivity index (χ2n) is 4.43. The number of benzene rings is 2. The Balaban J connectivity index is 1.93. The minimum atomic E-state index is -0.441. The van der Waals surface area contributed by atoms with Crippen LogP contribution in [0.4, 0.5) is 20.6 Å². The number of anilines is 2. The Morgan fingerprint density at radius 1 is 0.905 bits per heavy atom. The molecular weight excluding hydrogens is 273 g/mol. The highest BCUT2D eigenvalue weighted by Gasteiger charge is 2.04. The Labute approximate surface area is 121 Å². The Morgan fingerprint density at radius 3 is 1.86 bits per heavy atom. The van der Waals surface area contributed by atoms with Crippen LogP contribution < -0.4 is 16.4 Å². The van der Waals surface area contributed by atoms with Crippen LogP contribution >= 0.6 is 0 Å². The van der Waals surface area contributed by atoms with Crippen LogP contribution in [0.15, 0.2) is 48.5 Å². The number of nitrogens with one attached hydrogen (secondary N) is 2. The fourth-order valence-electron chi connectivity index (χ4n) is 1.73. The summed E-state index contributed by atoms with van der Waals surface area (Å²) in [5, 5.41) is 5.20. The highest BCUT2D eigenvalue weighted by atomic mass is 19.1. The SMILES string of the molecule is NC(=O)Cc1ccc(NC(=O)Nc2ccc(F)cc2)cc1. The molecule has 2 aromatic carbocycles. The first-order chi connectivity index (χ1) is 10.0. The molecule has 0 bridgehead atoms. The summed E-state index contributed by atoms with van der Waals surface area (Å²) < 4.78 is 12.7. The fraction of sp³-hybridized carbons (Fsp3) is 0.0667. The highest BCUT2D eigenvalue weighted by molar-refractivity contribution is 5.99. The van der Waals surface area contributed by atoms with Gasteiger partial charge in [0.1, 0.15) is 5.82 Å². The molecule has 5 nitrogen and oxygen atoms in total. The topological polar surface area (TPSA) is 84.2 Å². The van der Waals surface area contributed by atoms with E-state index in [-0.39, 0.29) is 12.2 Å². The fourth-order valence-corrected chi connectivity index (χ4v) is 1.73. The summed E-state index contributed by atoms with van der Waals surface area (Å²) in [5.41, 5.74) is 6.92. The van der Waals surface area contributed by atoms with Crippen molar-refractivity contribution in [3.8, 4) is 0 Å². The summed E-state index contributed by atoms with van der Waals surface area (Å²) in [7, 11) is 0. The van der Waals surface area contributed by atoms with E-state index < -0.39 is 11.9 Å². The van der Waals surface area contributed by atoms with Gasteiger partial charge in [0, 0.05) is 11.4 Å². The molecule has 0 unspecified atom stereocenters. The quantitative estimate of drug-likeness (QED) is 0.807. The van der Waals surface area contributed by atoms with Gasteiger partial charge in [0.25, 0.3) is 0 Å². The molecule has 0 aliphatic rings. The summed E-state index contributed by atoms with van der Waals surface area (Å²) >= 11 is 0. The van der Waals surface area contributed by atoms with E-state index in [1.54, 1.807) is 24.3 Å². The van der Waals surface area contributed by atoms with Crippen LogP contribution in [-0.2, 0) is 11.2 Å². The molecule has 2 aromatic rings. The monoisotopic (exact) mass is 287 g/mol. The van der Waals surface area contributed by atoms with Crippen molar-refractivity contribution < 1.29 is 14.0 Å². The largest absolute Gasteiger partial charge is 0.369 e. The predicted octanol–water partition coefficient (Wildman–Crippen LogP) is 2.50. The lowest BCUT2D eigenvalue weighted by atomic mass is 10.1. The summed E-state index contributed by atoms with van der Waals surface area (Å²) in [6.45, 7) is 0. The minimum Gasteiger partial charge on any atom is -0.369 e. The van der Waals surface area contributed by atoms with Gasteiger partial charge in [-0.25, -0.2) is 9.18 Å². The first-order valence-corrected chi connectivity index (χ1v) is 6.24. The minimum absolute atomic E-state index is 0.155. The standard InChI is InChI=1S/C15H14FN3O2/c16-11-3-7-13(8-4-11)19-15(21)18-12-5-1-10(2-6-12)9-14(17)20/h1-8H,9H2,(H2,17,20)(H2,18,19,21). The van der Waals surface area contributed by atoms with Crippen molar-refractivity contribution >= 4 is 23.3 Å². The third-order valence-electron chi connectivity index (χ3n) is 2.69. The molecule has 0 radical (unpaired) electrons. The van der Waals surface area contributed by atoms with E-state index in [1.807, 2.05) is 0 Å². The van der Waals surface area contributed by atoms with Gasteiger partial charge in [-0.2, -0.15) is 0 Å². The smallest absolute Gasteiger partial charge is 0.323 e. The molecule has 2 rings (SSSR count). The van der Waals surface area contributed by atoms with Gasteiger partial charge in [-0.05, 0) is 42.0 Å². The van der Waals surface area contributed by atoms with Crippen molar-refractivity contribution in [3.63, 3.8) is 0 Å². The number of amides is 3. The van der Waals surface area contributed by atoms with Gasteiger partial charge in [0.15, 0.2) is 0 Å². The third-order valence-corrected chi connectivity index (χ3v) is 2.69. The highest BCUT2D eigenvalue weighted by Crippen LogP contribution is 2.12. The average Bonchev–Trinajstić information content (AvgIpc) is 2.43. The van der Waals surface area contributed by atoms with Crippen molar-refractivity contribution in [3.05, 3.63) is 59.9 Å². The second-order valence-corrected chi connectivity index (χ2v) is 4.43. The van der Waals surface area contributed by atoms with Gasteiger partial charge >= 0.3 is 6.03 Å². The molecule has 3 amide bonds. The molecule has 0 aliphatic carbocycles. The number of nitrogens with two attached hydrogens (primary N) is 1. The Hall–Kier alpha value is -2.89. The molecule has 0 saturated carbocycles. The lowest BCUT2D eigenvalue weighted by molar-refractivity contribution is -0.117. The van der Waals surface area contributed by atoms with Crippen molar-refractivity contribution in [2.24, 2.45) is 5.73 Å². The van der Waals surface area contributed by atoms with Gasteiger partial charge < -0.3 is 16.4 Å². The number of urea groups is 1. The van der Waals surface area contributed by atoms with Gasteiger partial charge in [-0.1, -0.05) is 12.1 Å². The maximum absolute atomic E-state index is 12.7. The predicted molar refractivity (Wildman–Crippen MR) is 78.4 cm³/mol. The zero-order valence-electron chi connectivity index (χ0n) is 11.1. The molecule has 0 heterocycles. The maximum Gasteiger partial charge on any atom is 0.323 e. The number of rotatable bonds is 4. The van der Waals surface area contributed by atoms with E-state index in [0.717, 1.165) is 5.56 Å². The van der Waals surface area contributed by atoms with Gasteiger partial charge in [0.2, 0.25) is 5.91 Å². The summed E-state index contributed by atoms with van der Waals surface area (Å²) in [4.78, 5) is 22.5. The van der Waals surface area contributed by atoms with Crippen molar-refractivity contribution in [2.45, 2.75) is 6.42 Å². The Bertz CT molecular complexity index is 639. The molecule has 0 atom stereocenters. The van der Waals surface area contributed by atoms with Crippen LogP contribution in [0.2, 0.25) is 0 Å². The van der Waals surface area contributed by atoms with E-state index in [9.17, 15) is 14.0 Å². The van der Waals surface area contributed by atoms with Crippen LogP contribution in [0.1, 0.15) is 5.56 Å². The van der Waals surface area contributed by atoms with Crippen LogP contribution in [0, 0.1) is 5.82 Å². The van der Waals surface area contributed by atoms with Gasteiger partial charge in [-0.15, -0.1) is 0 Å². The van der Waals surface area contributed by atoms with E-state index in [0.29, 0.717) is 11.4 Å². The van der Waals surface area contributed by atoms with Crippen LogP contribution in [0.25, 0.3) is 0 Å². The molecular formula is C15H14FN3O2. The first kappa shape index (κ1) is 14.5. The lowest BCUT2D eigenvalue weighted by Gasteiger charge is -2.08. The van der Waals surface area contributed by atoms with Gasteiger partial charge in [0.05, 0.1) is 6.42 Å². The molecule has 0 aromatic heterocycles. The van der Waals surface area contributed by atoms with Crippen LogP contribution in [0.5, 0.6) is 0 Å². The molecule has 4 N–H and O–H groups in total. The number of hydrogen-bond acceptors (Lipinski definition) is 2. The molecule has 0 aliphatic heterocycles. The van der Waals surface area contributed by atoms with E-state index in [4.69, 9.17) is 5.73 Å². The third kappa shape index (κ3) is 4.61. The van der Waals surface area contributed by atoms with Crippen LogP contribution in [0.3, 0.4) is 0 Å². The zero-order valence-corrected chi connectivity index (χ0v) is 11.1. The number of carbonyl (C=O) groups is 2. The van der Waals surface area contributed by atoms with Crippen molar-refractivity contribution in [1.29, 1.82) is 0 Å². The lowest BCUT2D eigenvalue weighted by Crippen LogP contribution is -2.19. The number of halogens is 1. The molecule has 0 spiro atoms. The summed E-state index contributed by atoms with van der Waals surface area (Å²) in [6.07, 6.45) is 0.155. The van der Waals surface area contributed by atoms with Crippen molar-refractivity contribution in [1.82, 2.24) is 0 Å². The number of carbonyl (C=O) groups excluding carboxylic acids is 2. The van der Waals surface area contributed by atoms with Crippen LogP contribution in [-0.4, -0.2) is 11.9 Å². The molecule has 0 saturated heterocycles. The average molecular weight is 287 g/mol. The number of primary amides is 1. The van der Waals surface area contributed by atoms with Gasteiger partial charge in [-0.3, -0.25) is 4.79 Å². The summed E-state index contributed by atoms with van der Waals surface area (Å²) in [6, 6.07) is 11.8. The zero-order chi connectivity index (χ0) is 15.2. The Morgan fingerprint density at radius 2 is 1.38 bits per heavy atom. The summed E-state index contributed by atoms with van der Waals surface area (Å²) in [5.74, 6) is -0.782. The molecule has 108 valence electrons. The second kappa shape index (κ2) is 6.51. The van der Waals surface area contributed by atoms with Crippen molar-refractivity contribution in [2.75, 3.05) is 10.6 Å². The van der Waals surface area contributed by atoms with E-state index >= 15 is 0 Å². The molecule has 6 heteroatoms. The first-order valence-electron chi connectivity index (χ1n) is 6.24. The normalized spacial score (nSPS) is 9.95. The van der Waals surface area contributed by atoms with E-state index in [1.165, 1.54) is 24.3 Å². The number of hydrogen-bond donors (Lipinski definition) is 3. The maximum atomic E-state index is 12.7. The molecule has 21 heavy (non-hydrogen) atoms.